The van der Waals surface area contributed by atoms with Gasteiger partial charge in [0.15, 0.2) is 0 Å². The minimum atomic E-state index is -0.250. The van der Waals surface area contributed by atoms with Gasteiger partial charge in [-0.25, -0.2) is 0 Å². The lowest BCUT2D eigenvalue weighted by Gasteiger charge is -2.12. The highest BCUT2D eigenvalue weighted by Gasteiger charge is 2.12. The van der Waals surface area contributed by atoms with Gasteiger partial charge in [0.05, 0.1) is 6.61 Å². The van der Waals surface area contributed by atoms with Crippen molar-refractivity contribution in [2.24, 2.45) is 5.73 Å². The predicted molar refractivity (Wildman–Crippen MR) is 57.0 cm³/mol. The van der Waals surface area contributed by atoms with Gasteiger partial charge in [0, 0.05) is 13.1 Å². The lowest BCUT2D eigenvalue weighted by Crippen LogP contribution is -2.38. The molecule has 84 valence electrons. The number of unbranched alkanes of at least 4 members (excludes halogenated alkanes) is 2. The molecular formula is C10H22N2O2. The molecule has 0 aliphatic rings. The van der Waals surface area contributed by atoms with Crippen LogP contribution < -0.4 is 11.1 Å². The Balaban J connectivity index is 3.42. The second-order valence-electron chi connectivity index (χ2n) is 3.34. The SMILES string of the molecule is CCCCCOC(=O)C(C)NCCN. The maximum absolute atomic E-state index is 11.3. The van der Waals surface area contributed by atoms with Crippen molar-refractivity contribution in [2.45, 2.75) is 39.2 Å². The number of nitrogens with one attached hydrogen (secondary N) is 1. The normalized spacial score (nSPS) is 12.5. The number of esters is 1. The van der Waals surface area contributed by atoms with E-state index in [4.69, 9.17) is 10.5 Å². The van der Waals surface area contributed by atoms with Crippen LogP contribution >= 0.6 is 0 Å². The third-order valence-electron chi connectivity index (χ3n) is 1.94. The highest BCUT2D eigenvalue weighted by Crippen LogP contribution is 1.96. The Labute approximate surface area is 86.2 Å². The lowest BCUT2D eigenvalue weighted by molar-refractivity contribution is -0.145. The van der Waals surface area contributed by atoms with Crippen LogP contribution in [0.2, 0.25) is 0 Å². The van der Waals surface area contributed by atoms with Gasteiger partial charge >= 0.3 is 5.97 Å². The van der Waals surface area contributed by atoms with Crippen molar-refractivity contribution in [1.82, 2.24) is 5.32 Å². The van der Waals surface area contributed by atoms with E-state index in [-0.39, 0.29) is 12.0 Å². The molecule has 4 nitrogen and oxygen atoms in total. The average molecular weight is 202 g/mol. The molecule has 0 spiro atoms. The van der Waals surface area contributed by atoms with Gasteiger partial charge in [-0.1, -0.05) is 19.8 Å². The first-order valence-corrected chi connectivity index (χ1v) is 5.32. The predicted octanol–water partition coefficient (Wildman–Crippen LogP) is 0.657. The summed E-state index contributed by atoms with van der Waals surface area (Å²) in [6.45, 7) is 5.62. The lowest BCUT2D eigenvalue weighted by atomic mass is 10.3. The third kappa shape index (κ3) is 6.86. The fraction of sp³-hybridized carbons (Fsp3) is 0.900. The molecule has 0 aliphatic heterocycles. The van der Waals surface area contributed by atoms with Gasteiger partial charge in [-0.05, 0) is 13.3 Å². The molecule has 0 radical (unpaired) electrons. The smallest absolute Gasteiger partial charge is 0.322 e. The van der Waals surface area contributed by atoms with Crippen molar-refractivity contribution in [2.75, 3.05) is 19.7 Å². The van der Waals surface area contributed by atoms with Crippen LogP contribution in [-0.4, -0.2) is 31.7 Å². The van der Waals surface area contributed by atoms with Crippen molar-refractivity contribution < 1.29 is 9.53 Å². The van der Waals surface area contributed by atoms with Crippen LogP contribution in [-0.2, 0) is 9.53 Å². The van der Waals surface area contributed by atoms with Crippen LogP contribution in [0.5, 0.6) is 0 Å². The van der Waals surface area contributed by atoms with Crippen LogP contribution in [0.1, 0.15) is 33.1 Å². The van der Waals surface area contributed by atoms with Crippen molar-refractivity contribution >= 4 is 5.97 Å². The number of ether oxygens (including phenoxy) is 1. The molecular weight excluding hydrogens is 180 g/mol. The van der Waals surface area contributed by atoms with E-state index in [9.17, 15) is 4.79 Å². The number of rotatable bonds is 8. The van der Waals surface area contributed by atoms with Crippen molar-refractivity contribution in [1.29, 1.82) is 0 Å². The van der Waals surface area contributed by atoms with E-state index in [0.29, 0.717) is 19.7 Å². The molecule has 0 bridgehead atoms. The van der Waals surface area contributed by atoms with Gasteiger partial charge in [0.1, 0.15) is 6.04 Å². The molecule has 1 unspecified atom stereocenters. The summed E-state index contributed by atoms with van der Waals surface area (Å²) in [7, 11) is 0. The number of hydrogen-bond acceptors (Lipinski definition) is 4. The number of carbonyl (C=O) groups excluding carboxylic acids is 1. The first-order valence-electron chi connectivity index (χ1n) is 5.32. The molecule has 0 aromatic heterocycles. The van der Waals surface area contributed by atoms with E-state index >= 15 is 0 Å². The summed E-state index contributed by atoms with van der Waals surface area (Å²) in [6.07, 6.45) is 3.20. The fourth-order valence-corrected chi connectivity index (χ4v) is 1.03. The molecule has 1 atom stereocenters. The van der Waals surface area contributed by atoms with Crippen LogP contribution in [0, 0.1) is 0 Å². The van der Waals surface area contributed by atoms with Gasteiger partial charge in [-0.15, -0.1) is 0 Å². The second kappa shape index (κ2) is 8.97. The molecule has 0 heterocycles. The summed E-state index contributed by atoms with van der Waals surface area (Å²) in [5.74, 6) is -0.186. The summed E-state index contributed by atoms with van der Waals surface area (Å²) in [5.41, 5.74) is 5.30. The Morgan fingerprint density at radius 2 is 2.21 bits per heavy atom. The van der Waals surface area contributed by atoms with Gasteiger partial charge in [-0.3, -0.25) is 4.79 Å². The van der Waals surface area contributed by atoms with Crippen LogP contribution in [0.3, 0.4) is 0 Å². The Bertz CT molecular complexity index is 151. The van der Waals surface area contributed by atoms with Crippen molar-refractivity contribution in [3.05, 3.63) is 0 Å². The zero-order chi connectivity index (χ0) is 10.8. The Morgan fingerprint density at radius 3 is 2.79 bits per heavy atom. The van der Waals surface area contributed by atoms with Gasteiger partial charge in [0.2, 0.25) is 0 Å². The molecule has 4 heteroatoms. The number of nitrogens with two attached hydrogens (primary N) is 1. The zero-order valence-electron chi connectivity index (χ0n) is 9.21. The molecule has 0 fully saturated rings. The molecule has 3 N–H and O–H groups in total. The Hall–Kier alpha value is -0.610. The number of hydrogen-bond donors (Lipinski definition) is 2. The second-order valence-corrected chi connectivity index (χ2v) is 3.34. The zero-order valence-corrected chi connectivity index (χ0v) is 9.21. The summed E-state index contributed by atoms with van der Waals surface area (Å²) in [4.78, 5) is 11.3. The van der Waals surface area contributed by atoms with Gasteiger partial charge < -0.3 is 15.8 Å². The summed E-state index contributed by atoms with van der Waals surface area (Å²) < 4.78 is 5.06. The van der Waals surface area contributed by atoms with Gasteiger partial charge in [-0.2, -0.15) is 0 Å². The third-order valence-corrected chi connectivity index (χ3v) is 1.94. The summed E-state index contributed by atoms with van der Waals surface area (Å²) >= 11 is 0. The molecule has 0 aromatic rings. The minimum absolute atomic E-state index is 0.186. The van der Waals surface area contributed by atoms with Crippen LogP contribution in [0.4, 0.5) is 0 Å². The highest BCUT2D eigenvalue weighted by atomic mass is 16.5. The van der Waals surface area contributed by atoms with E-state index < -0.39 is 0 Å². The molecule has 0 aromatic carbocycles. The van der Waals surface area contributed by atoms with E-state index in [2.05, 4.69) is 12.2 Å². The molecule has 0 aliphatic carbocycles. The quantitative estimate of drug-likeness (QED) is 0.448. The largest absolute Gasteiger partial charge is 0.465 e. The van der Waals surface area contributed by atoms with Crippen LogP contribution in [0.15, 0.2) is 0 Å². The average Bonchev–Trinajstić information content (AvgIpc) is 2.20. The monoisotopic (exact) mass is 202 g/mol. The summed E-state index contributed by atoms with van der Waals surface area (Å²) in [6, 6.07) is -0.250. The Kier molecular flexibility index (Phi) is 8.57. The minimum Gasteiger partial charge on any atom is -0.465 e. The van der Waals surface area contributed by atoms with E-state index in [1.54, 1.807) is 6.92 Å². The topological polar surface area (TPSA) is 64.3 Å². The molecule has 0 saturated carbocycles. The molecule has 14 heavy (non-hydrogen) atoms. The maximum atomic E-state index is 11.3. The molecule has 0 rings (SSSR count). The van der Waals surface area contributed by atoms with E-state index in [1.165, 1.54) is 0 Å². The highest BCUT2D eigenvalue weighted by molar-refractivity contribution is 5.75. The Morgan fingerprint density at radius 1 is 1.50 bits per heavy atom. The number of carbonyl (C=O) groups is 1. The van der Waals surface area contributed by atoms with E-state index in [1.807, 2.05) is 0 Å². The molecule has 0 amide bonds. The van der Waals surface area contributed by atoms with Crippen molar-refractivity contribution in [3.63, 3.8) is 0 Å². The molecule has 0 saturated heterocycles. The van der Waals surface area contributed by atoms with E-state index in [0.717, 1.165) is 19.3 Å². The van der Waals surface area contributed by atoms with Crippen LogP contribution in [0.25, 0.3) is 0 Å². The van der Waals surface area contributed by atoms with Gasteiger partial charge in [0.25, 0.3) is 0 Å². The maximum Gasteiger partial charge on any atom is 0.322 e. The van der Waals surface area contributed by atoms with Crippen molar-refractivity contribution in [3.8, 4) is 0 Å². The first kappa shape index (κ1) is 13.4. The summed E-state index contributed by atoms with van der Waals surface area (Å²) in [5, 5.41) is 2.97. The fourth-order valence-electron chi connectivity index (χ4n) is 1.03. The standard InChI is InChI=1S/C10H22N2O2/c1-3-4-5-8-14-10(13)9(2)12-7-6-11/h9,12H,3-8,11H2,1-2H3. The first-order chi connectivity index (χ1) is 6.72.